The van der Waals surface area contributed by atoms with Crippen LogP contribution >= 0.6 is 12.4 Å². The summed E-state index contributed by atoms with van der Waals surface area (Å²) in [5, 5.41) is 3.01. The molecule has 1 aliphatic heterocycles. The molecule has 0 aliphatic carbocycles. The number of amides is 1. The Morgan fingerprint density at radius 3 is 2.83 bits per heavy atom. The summed E-state index contributed by atoms with van der Waals surface area (Å²) in [5.41, 5.74) is 11.5. The molecule has 5 heteroatoms. The van der Waals surface area contributed by atoms with Crippen molar-refractivity contribution in [2.75, 3.05) is 23.7 Å². The number of hydrogen-bond donors (Lipinski definition) is 2. The van der Waals surface area contributed by atoms with Gasteiger partial charge in [-0.25, -0.2) is 0 Å². The van der Waals surface area contributed by atoms with E-state index in [1.807, 2.05) is 24.3 Å². The third-order valence-electron chi connectivity index (χ3n) is 4.29. The highest BCUT2D eigenvalue weighted by Gasteiger charge is 2.20. The van der Waals surface area contributed by atoms with Crippen LogP contribution in [0.2, 0.25) is 0 Å². The van der Waals surface area contributed by atoms with Crippen LogP contribution in [0.1, 0.15) is 23.1 Å². The number of aryl methyl sites for hydroxylation is 1. The molecular weight excluding hydrogens is 322 g/mol. The fourth-order valence-electron chi connectivity index (χ4n) is 3.14. The van der Waals surface area contributed by atoms with Crippen molar-refractivity contribution >= 4 is 29.7 Å². The van der Waals surface area contributed by atoms with E-state index in [1.165, 1.54) is 11.1 Å². The largest absolute Gasteiger partial charge is 0.398 e. The fraction of sp³-hybridized carbons (Fsp3) is 0.316. The number of nitrogens with zero attached hydrogens (tertiary/aromatic N) is 1. The van der Waals surface area contributed by atoms with Crippen LogP contribution < -0.4 is 16.0 Å². The molecule has 0 saturated carbocycles. The number of nitrogen functional groups attached to an aromatic ring is 1. The lowest BCUT2D eigenvalue weighted by Crippen LogP contribution is -2.39. The first-order valence-electron chi connectivity index (χ1n) is 8.08. The van der Waals surface area contributed by atoms with E-state index in [0.29, 0.717) is 13.1 Å². The lowest BCUT2D eigenvalue weighted by atomic mass is 10.00. The molecule has 1 aliphatic rings. The Morgan fingerprint density at radius 1 is 1.25 bits per heavy atom. The van der Waals surface area contributed by atoms with Gasteiger partial charge in [0, 0.05) is 24.5 Å². The molecule has 3 rings (SSSR count). The number of rotatable bonds is 4. The van der Waals surface area contributed by atoms with E-state index in [4.69, 9.17) is 5.73 Å². The molecular formula is C19H24ClN3O. The third-order valence-corrected chi connectivity index (χ3v) is 4.29. The van der Waals surface area contributed by atoms with E-state index in [9.17, 15) is 4.79 Å². The molecule has 4 nitrogen and oxygen atoms in total. The van der Waals surface area contributed by atoms with Gasteiger partial charge in [0.1, 0.15) is 0 Å². The lowest BCUT2D eigenvalue weighted by Gasteiger charge is -2.31. The van der Waals surface area contributed by atoms with Crippen molar-refractivity contribution in [1.29, 1.82) is 0 Å². The Morgan fingerprint density at radius 2 is 2.04 bits per heavy atom. The van der Waals surface area contributed by atoms with E-state index in [1.54, 1.807) is 0 Å². The average Bonchev–Trinajstić information content (AvgIpc) is 2.54. The highest BCUT2D eigenvalue weighted by molar-refractivity contribution is 5.85. The second-order valence-corrected chi connectivity index (χ2v) is 6.14. The monoisotopic (exact) mass is 345 g/mol. The van der Waals surface area contributed by atoms with Crippen LogP contribution in [0, 0.1) is 6.92 Å². The number of hydrogen-bond acceptors (Lipinski definition) is 3. The van der Waals surface area contributed by atoms with Gasteiger partial charge in [0.25, 0.3) is 0 Å². The molecule has 24 heavy (non-hydrogen) atoms. The molecule has 3 N–H and O–H groups in total. The SMILES string of the molecule is Cc1cccc(CNC(=O)CN2CCCc3c(N)cccc32)c1.Cl. The number of fused-ring (bicyclic) bond motifs is 1. The zero-order chi connectivity index (χ0) is 16.2. The second-order valence-electron chi connectivity index (χ2n) is 6.14. The molecule has 0 spiro atoms. The molecule has 0 bridgehead atoms. The van der Waals surface area contributed by atoms with Crippen LogP contribution in [-0.2, 0) is 17.8 Å². The van der Waals surface area contributed by atoms with Gasteiger partial charge in [-0.3, -0.25) is 4.79 Å². The van der Waals surface area contributed by atoms with Crippen LogP contribution in [-0.4, -0.2) is 19.0 Å². The minimum atomic E-state index is 0. The number of anilines is 2. The summed E-state index contributed by atoms with van der Waals surface area (Å²) in [6.45, 7) is 3.90. The summed E-state index contributed by atoms with van der Waals surface area (Å²) >= 11 is 0. The third kappa shape index (κ3) is 4.20. The van der Waals surface area contributed by atoms with Crippen molar-refractivity contribution < 1.29 is 4.79 Å². The van der Waals surface area contributed by atoms with E-state index in [2.05, 4.69) is 35.3 Å². The molecule has 0 unspecified atom stereocenters. The standard InChI is InChI=1S/C19H23N3O.ClH/c1-14-5-2-6-15(11-14)12-21-19(23)13-22-10-4-7-16-17(20)8-3-9-18(16)22;/h2-3,5-6,8-9,11H,4,7,10,12-13,20H2,1H3,(H,21,23);1H. The summed E-state index contributed by atoms with van der Waals surface area (Å²) in [7, 11) is 0. The molecule has 0 fully saturated rings. The topological polar surface area (TPSA) is 58.4 Å². The maximum absolute atomic E-state index is 12.3. The van der Waals surface area contributed by atoms with Gasteiger partial charge in [0.15, 0.2) is 0 Å². The van der Waals surface area contributed by atoms with Crippen LogP contribution in [0.25, 0.3) is 0 Å². The van der Waals surface area contributed by atoms with Crippen LogP contribution in [0.4, 0.5) is 11.4 Å². The van der Waals surface area contributed by atoms with Crippen LogP contribution in [0.5, 0.6) is 0 Å². The maximum Gasteiger partial charge on any atom is 0.239 e. The van der Waals surface area contributed by atoms with Crippen molar-refractivity contribution in [2.24, 2.45) is 0 Å². The summed E-state index contributed by atoms with van der Waals surface area (Å²) in [5.74, 6) is 0.0433. The highest BCUT2D eigenvalue weighted by Crippen LogP contribution is 2.30. The van der Waals surface area contributed by atoms with Crippen molar-refractivity contribution in [3.05, 3.63) is 59.2 Å². The van der Waals surface area contributed by atoms with E-state index in [-0.39, 0.29) is 18.3 Å². The van der Waals surface area contributed by atoms with Gasteiger partial charge in [0.05, 0.1) is 6.54 Å². The Kier molecular flexibility index (Phi) is 6.10. The smallest absolute Gasteiger partial charge is 0.239 e. The minimum absolute atomic E-state index is 0. The molecule has 0 radical (unpaired) electrons. The van der Waals surface area contributed by atoms with E-state index < -0.39 is 0 Å². The summed E-state index contributed by atoms with van der Waals surface area (Å²) in [6, 6.07) is 14.1. The van der Waals surface area contributed by atoms with E-state index >= 15 is 0 Å². The highest BCUT2D eigenvalue weighted by atomic mass is 35.5. The van der Waals surface area contributed by atoms with Gasteiger partial charge in [-0.15, -0.1) is 12.4 Å². The Bertz CT molecular complexity index is 718. The van der Waals surface area contributed by atoms with E-state index in [0.717, 1.165) is 36.3 Å². The first-order valence-corrected chi connectivity index (χ1v) is 8.08. The zero-order valence-corrected chi connectivity index (χ0v) is 14.7. The van der Waals surface area contributed by atoms with Gasteiger partial charge in [-0.05, 0) is 43.0 Å². The maximum atomic E-state index is 12.3. The van der Waals surface area contributed by atoms with Crippen molar-refractivity contribution in [3.63, 3.8) is 0 Å². The van der Waals surface area contributed by atoms with Crippen molar-refractivity contribution in [3.8, 4) is 0 Å². The molecule has 0 aromatic heterocycles. The van der Waals surface area contributed by atoms with Gasteiger partial charge in [0.2, 0.25) is 5.91 Å². The number of carbonyl (C=O) groups is 1. The Balaban J connectivity index is 0.00000208. The second kappa shape index (κ2) is 8.06. The number of nitrogens with one attached hydrogen (secondary N) is 1. The average molecular weight is 346 g/mol. The van der Waals surface area contributed by atoms with Gasteiger partial charge in [-0.2, -0.15) is 0 Å². The quantitative estimate of drug-likeness (QED) is 0.837. The van der Waals surface area contributed by atoms with Crippen LogP contribution in [0.15, 0.2) is 42.5 Å². The number of benzene rings is 2. The lowest BCUT2D eigenvalue weighted by molar-refractivity contribution is -0.119. The zero-order valence-electron chi connectivity index (χ0n) is 13.9. The summed E-state index contributed by atoms with van der Waals surface area (Å²) < 4.78 is 0. The molecule has 2 aromatic rings. The summed E-state index contributed by atoms with van der Waals surface area (Å²) in [6.07, 6.45) is 2.02. The molecule has 128 valence electrons. The minimum Gasteiger partial charge on any atom is -0.398 e. The number of carbonyl (C=O) groups excluding carboxylic acids is 1. The fourth-order valence-corrected chi connectivity index (χ4v) is 3.14. The summed E-state index contributed by atoms with van der Waals surface area (Å²) in [4.78, 5) is 14.4. The molecule has 1 heterocycles. The van der Waals surface area contributed by atoms with Crippen molar-refractivity contribution in [2.45, 2.75) is 26.3 Å². The van der Waals surface area contributed by atoms with Gasteiger partial charge in [-0.1, -0.05) is 35.9 Å². The molecule has 0 atom stereocenters. The number of nitrogens with two attached hydrogens (primary N) is 1. The predicted octanol–water partition coefficient (Wildman–Crippen LogP) is 3.07. The van der Waals surface area contributed by atoms with Crippen LogP contribution in [0.3, 0.4) is 0 Å². The molecule has 0 saturated heterocycles. The normalized spacial score (nSPS) is 13.0. The first-order chi connectivity index (χ1) is 11.1. The molecule has 1 amide bonds. The Hall–Kier alpha value is -2.20. The first kappa shape index (κ1) is 18.1. The predicted molar refractivity (Wildman–Crippen MR) is 102 cm³/mol. The molecule has 2 aromatic carbocycles. The number of halogens is 1. The Labute approximate surface area is 149 Å². The van der Waals surface area contributed by atoms with Gasteiger partial charge < -0.3 is 16.0 Å². The van der Waals surface area contributed by atoms with Crippen molar-refractivity contribution in [1.82, 2.24) is 5.32 Å². The van der Waals surface area contributed by atoms with Gasteiger partial charge >= 0.3 is 0 Å².